The minimum absolute atomic E-state index is 0.0649. The molecule has 0 atom stereocenters. The summed E-state index contributed by atoms with van der Waals surface area (Å²) in [5, 5.41) is 13.1. The number of ketones is 1. The summed E-state index contributed by atoms with van der Waals surface area (Å²) in [5.41, 5.74) is 0.186. The summed E-state index contributed by atoms with van der Waals surface area (Å²) < 4.78 is 0.949. The van der Waals surface area contributed by atoms with Gasteiger partial charge in [0.15, 0.2) is 5.78 Å². The van der Waals surface area contributed by atoms with E-state index in [1.54, 1.807) is 12.1 Å². The molecule has 2 aromatic rings. The van der Waals surface area contributed by atoms with E-state index in [0.717, 1.165) is 16.3 Å². The molecule has 2 rings (SSSR count). The zero-order valence-electron chi connectivity index (χ0n) is 12.5. The van der Waals surface area contributed by atoms with Gasteiger partial charge in [-0.15, -0.1) is 0 Å². The minimum Gasteiger partial charge on any atom is -0.477 e. The lowest BCUT2D eigenvalue weighted by atomic mass is 10.0. The van der Waals surface area contributed by atoms with E-state index in [-0.39, 0.29) is 5.69 Å². The van der Waals surface area contributed by atoms with Crippen molar-refractivity contribution in [3.05, 3.63) is 57.5 Å². The number of carboxylic acid groups (broad SMARTS) is 1. The smallest absolute Gasteiger partial charge is 0.341 e. The molecular formula is C16H16N2O4. The Labute approximate surface area is 127 Å². The van der Waals surface area contributed by atoms with E-state index in [2.05, 4.69) is 5.10 Å². The molecule has 0 spiro atoms. The summed E-state index contributed by atoms with van der Waals surface area (Å²) in [4.78, 5) is 34.9. The summed E-state index contributed by atoms with van der Waals surface area (Å²) >= 11 is 0. The normalized spacial score (nSPS) is 10.7. The van der Waals surface area contributed by atoms with Crippen molar-refractivity contribution in [3.8, 4) is 5.69 Å². The Bertz CT molecular complexity index is 789. The van der Waals surface area contributed by atoms with Crippen molar-refractivity contribution >= 4 is 11.8 Å². The Hall–Kier alpha value is -2.76. The van der Waals surface area contributed by atoms with Crippen LogP contribution in [0.3, 0.4) is 0 Å². The standard InChI is InChI=1S/C16H16N2O4/c1-9(2)11-4-6-12(7-5-11)18-15(20)13(16(21)22)8-14(17-18)10(3)19/h4-9H,1-3H3,(H,21,22). The van der Waals surface area contributed by atoms with Crippen LogP contribution in [0.4, 0.5) is 0 Å². The van der Waals surface area contributed by atoms with Crippen molar-refractivity contribution in [2.45, 2.75) is 26.7 Å². The Balaban J connectivity index is 2.65. The van der Waals surface area contributed by atoms with Crippen LogP contribution in [0.25, 0.3) is 5.69 Å². The monoisotopic (exact) mass is 300 g/mol. The highest BCUT2D eigenvalue weighted by atomic mass is 16.4. The Morgan fingerprint density at radius 1 is 1.18 bits per heavy atom. The highest BCUT2D eigenvalue weighted by Gasteiger charge is 2.17. The summed E-state index contributed by atoms with van der Waals surface area (Å²) in [6.07, 6.45) is 0. The number of aromatic nitrogens is 2. The van der Waals surface area contributed by atoms with Gasteiger partial charge in [0.05, 0.1) is 5.69 Å². The summed E-state index contributed by atoms with van der Waals surface area (Å²) in [5.74, 6) is -1.46. The molecule has 0 aliphatic heterocycles. The molecule has 0 bridgehead atoms. The summed E-state index contributed by atoms with van der Waals surface area (Å²) in [7, 11) is 0. The van der Waals surface area contributed by atoms with E-state index in [9.17, 15) is 14.4 Å². The molecule has 1 N–H and O–H groups in total. The van der Waals surface area contributed by atoms with Crippen molar-refractivity contribution < 1.29 is 14.7 Å². The molecule has 1 aromatic heterocycles. The molecule has 0 aliphatic rings. The number of hydrogen-bond acceptors (Lipinski definition) is 4. The van der Waals surface area contributed by atoms with Gasteiger partial charge in [-0.1, -0.05) is 26.0 Å². The third-order valence-corrected chi connectivity index (χ3v) is 3.31. The number of aromatic carboxylic acids is 1. The van der Waals surface area contributed by atoms with Gasteiger partial charge in [0, 0.05) is 6.92 Å². The van der Waals surface area contributed by atoms with Crippen LogP contribution in [0.5, 0.6) is 0 Å². The molecule has 0 amide bonds. The molecule has 0 aliphatic carbocycles. The summed E-state index contributed by atoms with van der Waals surface area (Å²) in [6.45, 7) is 5.35. The van der Waals surface area contributed by atoms with Gasteiger partial charge < -0.3 is 5.11 Å². The van der Waals surface area contributed by atoms with E-state index in [4.69, 9.17) is 5.11 Å². The van der Waals surface area contributed by atoms with Gasteiger partial charge in [0.25, 0.3) is 5.56 Å². The van der Waals surface area contributed by atoms with Crippen LogP contribution >= 0.6 is 0 Å². The highest BCUT2D eigenvalue weighted by molar-refractivity contribution is 5.95. The third kappa shape index (κ3) is 2.95. The molecule has 6 nitrogen and oxygen atoms in total. The van der Waals surface area contributed by atoms with Gasteiger partial charge >= 0.3 is 5.97 Å². The van der Waals surface area contributed by atoms with Gasteiger partial charge in [-0.05, 0) is 29.7 Å². The van der Waals surface area contributed by atoms with E-state index in [1.807, 2.05) is 26.0 Å². The van der Waals surface area contributed by atoms with Crippen LogP contribution in [0.2, 0.25) is 0 Å². The molecule has 0 saturated carbocycles. The highest BCUT2D eigenvalue weighted by Crippen LogP contribution is 2.16. The Kier molecular flexibility index (Phi) is 4.21. The lowest BCUT2D eigenvalue weighted by Crippen LogP contribution is -2.29. The van der Waals surface area contributed by atoms with Crippen molar-refractivity contribution in [2.75, 3.05) is 0 Å². The number of nitrogens with zero attached hydrogens (tertiary/aromatic N) is 2. The quantitative estimate of drug-likeness (QED) is 0.875. The first-order valence-corrected chi connectivity index (χ1v) is 6.80. The fourth-order valence-corrected chi connectivity index (χ4v) is 2.00. The predicted octanol–water partition coefficient (Wildman–Crippen LogP) is 2.26. The third-order valence-electron chi connectivity index (χ3n) is 3.31. The van der Waals surface area contributed by atoms with E-state index in [1.165, 1.54) is 6.92 Å². The van der Waals surface area contributed by atoms with Crippen LogP contribution in [0.15, 0.2) is 35.1 Å². The molecule has 1 heterocycles. The zero-order chi connectivity index (χ0) is 16.4. The Morgan fingerprint density at radius 3 is 2.23 bits per heavy atom. The van der Waals surface area contributed by atoms with Crippen molar-refractivity contribution in [1.29, 1.82) is 0 Å². The second-order valence-corrected chi connectivity index (χ2v) is 5.27. The van der Waals surface area contributed by atoms with Crippen molar-refractivity contribution in [2.24, 2.45) is 0 Å². The lowest BCUT2D eigenvalue weighted by Gasteiger charge is -2.10. The maximum atomic E-state index is 12.2. The number of hydrogen-bond donors (Lipinski definition) is 1. The summed E-state index contributed by atoms with van der Waals surface area (Å²) in [6, 6.07) is 8.05. The van der Waals surface area contributed by atoms with Crippen LogP contribution in [0.1, 0.15) is 53.1 Å². The second kappa shape index (κ2) is 5.93. The number of carbonyl (C=O) groups excluding carboxylic acids is 1. The first-order chi connectivity index (χ1) is 10.3. The fraction of sp³-hybridized carbons (Fsp3) is 0.250. The predicted molar refractivity (Wildman–Crippen MR) is 80.9 cm³/mol. The van der Waals surface area contributed by atoms with Crippen molar-refractivity contribution in [1.82, 2.24) is 9.78 Å². The number of benzene rings is 1. The van der Waals surface area contributed by atoms with E-state index in [0.29, 0.717) is 11.6 Å². The number of carbonyl (C=O) groups is 2. The van der Waals surface area contributed by atoms with Gasteiger partial charge in [0.1, 0.15) is 11.3 Å². The molecule has 6 heteroatoms. The topological polar surface area (TPSA) is 89.3 Å². The maximum Gasteiger partial charge on any atom is 0.341 e. The fourth-order valence-electron chi connectivity index (χ4n) is 2.00. The van der Waals surface area contributed by atoms with E-state index >= 15 is 0 Å². The second-order valence-electron chi connectivity index (χ2n) is 5.27. The largest absolute Gasteiger partial charge is 0.477 e. The molecule has 0 saturated heterocycles. The molecule has 1 aromatic carbocycles. The average molecular weight is 300 g/mol. The molecule has 0 radical (unpaired) electrons. The van der Waals surface area contributed by atoms with Crippen LogP contribution in [0, 0.1) is 0 Å². The molecule has 0 fully saturated rings. The van der Waals surface area contributed by atoms with Crippen LogP contribution < -0.4 is 5.56 Å². The number of Topliss-reactive ketones (excluding diaryl/α,β-unsaturated/α-hetero) is 1. The zero-order valence-corrected chi connectivity index (χ0v) is 12.5. The minimum atomic E-state index is -1.39. The first-order valence-electron chi connectivity index (χ1n) is 6.80. The van der Waals surface area contributed by atoms with Gasteiger partial charge in [-0.25, -0.2) is 4.79 Å². The van der Waals surface area contributed by atoms with Gasteiger partial charge in [0.2, 0.25) is 0 Å². The first kappa shape index (κ1) is 15.6. The van der Waals surface area contributed by atoms with Crippen molar-refractivity contribution in [3.63, 3.8) is 0 Å². The number of carboxylic acids is 1. The van der Waals surface area contributed by atoms with Gasteiger partial charge in [-0.3, -0.25) is 9.59 Å². The average Bonchev–Trinajstić information content (AvgIpc) is 2.47. The molecule has 22 heavy (non-hydrogen) atoms. The lowest BCUT2D eigenvalue weighted by molar-refractivity contribution is 0.0694. The molecule has 114 valence electrons. The molecule has 0 unspecified atom stereocenters. The van der Waals surface area contributed by atoms with Crippen LogP contribution in [-0.4, -0.2) is 26.6 Å². The molecular weight excluding hydrogens is 284 g/mol. The van der Waals surface area contributed by atoms with E-state index < -0.39 is 22.9 Å². The SMILES string of the molecule is CC(=O)c1cc(C(=O)O)c(=O)n(-c2ccc(C(C)C)cc2)n1. The maximum absolute atomic E-state index is 12.2. The van der Waals surface area contributed by atoms with Gasteiger partial charge in [-0.2, -0.15) is 9.78 Å². The van der Waals surface area contributed by atoms with Crippen LogP contribution in [-0.2, 0) is 0 Å². The Morgan fingerprint density at radius 2 is 1.77 bits per heavy atom. The number of rotatable bonds is 4.